The molecule has 2 N–H and O–H groups in total. The minimum absolute atomic E-state index is 0.520. The number of benzene rings is 1. The first-order valence-electron chi connectivity index (χ1n) is 8.30. The van der Waals surface area contributed by atoms with Gasteiger partial charge < -0.3 is 10.2 Å². The first kappa shape index (κ1) is 19.0. The van der Waals surface area contributed by atoms with Crippen molar-refractivity contribution in [3.8, 4) is 11.1 Å². The summed E-state index contributed by atoms with van der Waals surface area (Å²) >= 11 is 5.21. The van der Waals surface area contributed by atoms with Gasteiger partial charge in [0.05, 0.1) is 11.9 Å². The lowest BCUT2D eigenvalue weighted by Gasteiger charge is -2.11. The number of aromatic nitrogens is 1. The Morgan fingerprint density at radius 3 is 2.72 bits per heavy atom. The predicted molar refractivity (Wildman–Crippen MR) is 109 cm³/mol. The van der Waals surface area contributed by atoms with Gasteiger partial charge in [0.15, 0.2) is 5.11 Å². The molecule has 0 spiro atoms. The van der Waals surface area contributed by atoms with Crippen molar-refractivity contribution >= 4 is 23.5 Å². The van der Waals surface area contributed by atoms with Crippen LogP contribution in [0.2, 0.25) is 0 Å². The highest BCUT2D eigenvalue weighted by molar-refractivity contribution is 7.80. The minimum Gasteiger partial charge on any atom is -0.361 e. The molecule has 5 nitrogen and oxygen atoms in total. The van der Waals surface area contributed by atoms with Gasteiger partial charge in [0.1, 0.15) is 0 Å². The van der Waals surface area contributed by atoms with Gasteiger partial charge in [-0.2, -0.15) is 5.10 Å². The van der Waals surface area contributed by atoms with E-state index in [1.807, 2.05) is 24.3 Å². The first-order valence-corrected chi connectivity index (χ1v) is 8.71. The van der Waals surface area contributed by atoms with Crippen molar-refractivity contribution < 1.29 is 0 Å². The lowest BCUT2D eigenvalue weighted by molar-refractivity contribution is 0.400. The molecule has 1 heterocycles. The van der Waals surface area contributed by atoms with Crippen molar-refractivity contribution in [2.75, 3.05) is 27.2 Å². The van der Waals surface area contributed by atoms with E-state index in [-0.39, 0.29) is 0 Å². The van der Waals surface area contributed by atoms with E-state index in [2.05, 4.69) is 58.9 Å². The Balaban J connectivity index is 1.92. The zero-order valence-corrected chi connectivity index (χ0v) is 15.8. The summed E-state index contributed by atoms with van der Waals surface area (Å²) in [5.41, 5.74) is 7.08. The van der Waals surface area contributed by atoms with Crippen molar-refractivity contribution in [1.29, 1.82) is 0 Å². The summed E-state index contributed by atoms with van der Waals surface area (Å²) in [6.07, 6.45) is 4.53. The molecule has 0 bridgehead atoms. The Bertz CT molecular complexity index is 713. The number of hydrogen-bond donors (Lipinski definition) is 2. The number of thiocarbonyl (C=S) groups is 1. The van der Waals surface area contributed by atoms with E-state index in [9.17, 15) is 0 Å². The van der Waals surface area contributed by atoms with Crippen molar-refractivity contribution in [2.24, 2.45) is 5.10 Å². The average molecular weight is 356 g/mol. The molecule has 0 atom stereocenters. The van der Waals surface area contributed by atoms with Gasteiger partial charge in [-0.1, -0.05) is 30.3 Å². The summed E-state index contributed by atoms with van der Waals surface area (Å²) in [6, 6.07) is 12.3. The fourth-order valence-electron chi connectivity index (χ4n) is 2.40. The number of hydrazone groups is 1. The Morgan fingerprint density at radius 1 is 1.24 bits per heavy atom. The summed E-state index contributed by atoms with van der Waals surface area (Å²) in [5.74, 6) is 0. The number of pyridine rings is 1. The van der Waals surface area contributed by atoms with Gasteiger partial charge in [-0.3, -0.25) is 10.4 Å². The largest absolute Gasteiger partial charge is 0.361 e. The summed E-state index contributed by atoms with van der Waals surface area (Å²) in [5, 5.41) is 7.86. The van der Waals surface area contributed by atoms with Crippen molar-refractivity contribution in [3.05, 3.63) is 53.9 Å². The maximum atomic E-state index is 5.21. The molecule has 0 aliphatic rings. The molecule has 1 aromatic carbocycles. The van der Waals surface area contributed by atoms with Crippen LogP contribution in [-0.4, -0.2) is 48.4 Å². The molecular formula is C19H25N5S. The van der Waals surface area contributed by atoms with Crippen LogP contribution in [0, 0.1) is 6.92 Å². The zero-order valence-electron chi connectivity index (χ0n) is 15.0. The van der Waals surface area contributed by atoms with E-state index in [4.69, 9.17) is 12.2 Å². The third-order valence-corrected chi connectivity index (χ3v) is 3.98. The standard InChI is InChI=1S/C19H25N5S/c1-15-17(16-8-5-4-6-9-16)10-12-20-18(15)14-22-23-19(25)21-11-7-13-24(2)3/h4-6,8-10,12,14H,7,11,13H2,1-3H3,(H2,21,23,25)/b22-14+. The monoisotopic (exact) mass is 355 g/mol. The van der Waals surface area contributed by atoms with Gasteiger partial charge in [0.25, 0.3) is 0 Å². The highest BCUT2D eigenvalue weighted by atomic mass is 32.1. The summed E-state index contributed by atoms with van der Waals surface area (Å²) in [4.78, 5) is 6.54. The van der Waals surface area contributed by atoms with Crippen LogP contribution < -0.4 is 10.7 Å². The summed E-state index contributed by atoms with van der Waals surface area (Å²) in [7, 11) is 4.11. The van der Waals surface area contributed by atoms with Crippen LogP contribution >= 0.6 is 12.2 Å². The molecule has 2 aromatic rings. The van der Waals surface area contributed by atoms with E-state index in [0.29, 0.717) is 5.11 Å². The topological polar surface area (TPSA) is 52.6 Å². The highest BCUT2D eigenvalue weighted by Gasteiger charge is 2.05. The van der Waals surface area contributed by atoms with Gasteiger partial charge in [0.2, 0.25) is 0 Å². The SMILES string of the molecule is Cc1c(-c2ccccc2)ccnc1/C=N/NC(=S)NCCCN(C)C. The van der Waals surface area contributed by atoms with E-state index in [1.54, 1.807) is 12.4 Å². The lowest BCUT2D eigenvalue weighted by Crippen LogP contribution is -2.33. The Kier molecular flexibility index (Phi) is 7.50. The van der Waals surface area contributed by atoms with Crippen LogP contribution in [0.5, 0.6) is 0 Å². The highest BCUT2D eigenvalue weighted by Crippen LogP contribution is 2.23. The molecule has 2 rings (SSSR count). The Morgan fingerprint density at radius 2 is 2.00 bits per heavy atom. The fraction of sp³-hybridized carbons (Fsp3) is 0.316. The molecule has 0 fully saturated rings. The van der Waals surface area contributed by atoms with Crippen molar-refractivity contribution in [1.82, 2.24) is 20.6 Å². The zero-order chi connectivity index (χ0) is 18.1. The number of rotatable bonds is 7. The van der Waals surface area contributed by atoms with Crippen LogP contribution in [0.1, 0.15) is 17.7 Å². The molecular weight excluding hydrogens is 330 g/mol. The van der Waals surface area contributed by atoms with Crippen LogP contribution in [0.4, 0.5) is 0 Å². The molecule has 0 aliphatic carbocycles. The summed E-state index contributed by atoms with van der Waals surface area (Å²) in [6.45, 7) is 3.89. The molecule has 1 aromatic heterocycles. The van der Waals surface area contributed by atoms with Crippen LogP contribution in [0.3, 0.4) is 0 Å². The van der Waals surface area contributed by atoms with Crippen molar-refractivity contribution in [3.63, 3.8) is 0 Å². The predicted octanol–water partition coefficient (Wildman–Crippen LogP) is 2.81. The second kappa shape index (κ2) is 9.86. The summed E-state index contributed by atoms with van der Waals surface area (Å²) < 4.78 is 0. The molecule has 0 unspecified atom stereocenters. The molecule has 0 aliphatic heterocycles. The van der Waals surface area contributed by atoms with E-state index >= 15 is 0 Å². The third-order valence-electron chi connectivity index (χ3n) is 3.75. The molecule has 25 heavy (non-hydrogen) atoms. The molecule has 0 radical (unpaired) electrons. The first-order chi connectivity index (χ1) is 12.1. The third kappa shape index (κ3) is 6.25. The van der Waals surface area contributed by atoms with Crippen LogP contribution in [-0.2, 0) is 0 Å². The number of hydrogen-bond acceptors (Lipinski definition) is 4. The minimum atomic E-state index is 0.520. The lowest BCUT2D eigenvalue weighted by atomic mass is 10.0. The van der Waals surface area contributed by atoms with E-state index < -0.39 is 0 Å². The molecule has 0 amide bonds. The fourth-order valence-corrected chi connectivity index (χ4v) is 2.56. The number of nitrogens with one attached hydrogen (secondary N) is 2. The van der Waals surface area contributed by atoms with Gasteiger partial charge >= 0.3 is 0 Å². The molecule has 0 saturated carbocycles. The molecule has 0 saturated heterocycles. The van der Waals surface area contributed by atoms with Gasteiger partial charge in [-0.25, -0.2) is 0 Å². The second-order valence-corrected chi connectivity index (χ2v) is 6.43. The van der Waals surface area contributed by atoms with Crippen LogP contribution in [0.25, 0.3) is 11.1 Å². The van der Waals surface area contributed by atoms with E-state index in [0.717, 1.165) is 36.3 Å². The maximum absolute atomic E-state index is 5.21. The maximum Gasteiger partial charge on any atom is 0.186 e. The normalized spacial score (nSPS) is 11.0. The van der Waals surface area contributed by atoms with E-state index in [1.165, 1.54) is 5.56 Å². The number of nitrogens with zero attached hydrogens (tertiary/aromatic N) is 3. The second-order valence-electron chi connectivity index (χ2n) is 6.02. The Labute approximate surface area is 155 Å². The molecule has 6 heteroatoms. The Hall–Kier alpha value is -2.31. The quantitative estimate of drug-likeness (QED) is 0.346. The average Bonchev–Trinajstić information content (AvgIpc) is 2.61. The van der Waals surface area contributed by atoms with Gasteiger partial charge in [-0.05, 0) is 69.0 Å². The van der Waals surface area contributed by atoms with Crippen LogP contribution in [0.15, 0.2) is 47.7 Å². The molecule has 132 valence electrons. The van der Waals surface area contributed by atoms with Crippen molar-refractivity contribution in [2.45, 2.75) is 13.3 Å². The van der Waals surface area contributed by atoms with Gasteiger partial charge in [0, 0.05) is 12.7 Å². The smallest absolute Gasteiger partial charge is 0.186 e. The van der Waals surface area contributed by atoms with Gasteiger partial charge in [-0.15, -0.1) is 0 Å².